The van der Waals surface area contributed by atoms with Gasteiger partial charge in [0.25, 0.3) is 0 Å². The Morgan fingerprint density at radius 3 is 2.79 bits per heavy atom. The van der Waals surface area contributed by atoms with Gasteiger partial charge in [0.05, 0.1) is 5.92 Å². The lowest BCUT2D eigenvalue weighted by Gasteiger charge is -2.17. The van der Waals surface area contributed by atoms with E-state index < -0.39 is 0 Å². The molecule has 14 heavy (non-hydrogen) atoms. The molecule has 0 saturated carbocycles. The minimum atomic E-state index is 0.486. The van der Waals surface area contributed by atoms with Crippen molar-refractivity contribution in [3.8, 4) is 0 Å². The number of fused-ring (bicyclic) bond motifs is 2. The van der Waals surface area contributed by atoms with Gasteiger partial charge in [-0.25, -0.2) is 0 Å². The highest BCUT2D eigenvalue weighted by Crippen LogP contribution is 2.45. The molecule has 1 aromatic heterocycles. The smallest absolute Gasteiger partial charge is 0.231 e. The topological polar surface area (TPSA) is 42.2 Å². The molecule has 4 heteroatoms. The highest BCUT2D eigenvalue weighted by Gasteiger charge is 2.46. The van der Waals surface area contributed by atoms with E-state index in [9.17, 15) is 0 Å². The van der Waals surface area contributed by atoms with Crippen LogP contribution < -0.4 is 0 Å². The van der Waals surface area contributed by atoms with Crippen LogP contribution in [0.1, 0.15) is 36.9 Å². The average Bonchev–Trinajstić information content (AvgIpc) is 2.82. The SMILES string of the molecule is Cc1noc(C2CC3CCC2N3C)n1. The van der Waals surface area contributed by atoms with Gasteiger partial charge < -0.3 is 4.52 Å². The molecular weight excluding hydrogens is 178 g/mol. The fraction of sp³-hybridized carbons (Fsp3) is 0.800. The zero-order chi connectivity index (χ0) is 9.71. The van der Waals surface area contributed by atoms with Gasteiger partial charge in [-0.3, -0.25) is 4.90 Å². The van der Waals surface area contributed by atoms with Crippen LogP contribution in [0.2, 0.25) is 0 Å². The molecular formula is C10H15N3O. The van der Waals surface area contributed by atoms with E-state index in [2.05, 4.69) is 22.1 Å². The molecule has 1 aromatic rings. The first kappa shape index (κ1) is 8.41. The first-order chi connectivity index (χ1) is 6.75. The Morgan fingerprint density at radius 2 is 2.29 bits per heavy atom. The molecule has 0 amide bonds. The second kappa shape index (κ2) is 2.79. The first-order valence-corrected chi connectivity index (χ1v) is 5.28. The van der Waals surface area contributed by atoms with Gasteiger partial charge in [0.1, 0.15) is 0 Å². The van der Waals surface area contributed by atoms with E-state index in [1.54, 1.807) is 0 Å². The third-order valence-corrected chi connectivity index (χ3v) is 3.75. The summed E-state index contributed by atoms with van der Waals surface area (Å²) < 4.78 is 5.26. The van der Waals surface area contributed by atoms with Crippen LogP contribution in [0.15, 0.2) is 4.52 Å². The summed E-state index contributed by atoms with van der Waals surface area (Å²) >= 11 is 0. The molecule has 2 saturated heterocycles. The summed E-state index contributed by atoms with van der Waals surface area (Å²) in [5.74, 6) is 2.09. The lowest BCUT2D eigenvalue weighted by Crippen LogP contribution is -2.25. The molecule has 76 valence electrons. The van der Waals surface area contributed by atoms with Crippen molar-refractivity contribution in [2.75, 3.05) is 7.05 Å². The van der Waals surface area contributed by atoms with Crippen LogP contribution in [-0.4, -0.2) is 34.2 Å². The lowest BCUT2D eigenvalue weighted by atomic mass is 9.89. The monoisotopic (exact) mass is 193 g/mol. The van der Waals surface area contributed by atoms with Crippen molar-refractivity contribution in [2.45, 2.75) is 44.2 Å². The van der Waals surface area contributed by atoms with Gasteiger partial charge in [-0.1, -0.05) is 5.16 Å². The first-order valence-electron chi connectivity index (χ1n) is 5.28. The minimum Gasteiger partial charge on any atom is -0.339 e. The maximum atomic E-state index is 5.26. The van der Waals surface area contributed by atoms with Crippen molar-refractivity contribution >= 4 is 0 Å². The van der Waals surface area contributed by atoms with E-state index in [0.717, 1.165) is 17.8 Å². The van der Waals surface area contributed by atoms with Gasteiger partial charge in [0.15, 0.2) is 5.82 Å². The molecule has 2 fully saturated rings. The Balaban J connectivity index is 1.88. The number of hydrogen-bond acceptors (Lipinski definition) is 4. The molecule has 0 N–H and O–H groups in total. The van der Waals surface area contributed by atoms with Crippen LogP contribution in [0.5, 0.6) is 0 Å². The van der Waals surface area contributed by atoms with Crippen LogP contribution >= 0.6 is 0 Å². The molecule has 3 rings (SSSR count). The number of nitrogens with zero attached hydrogens (tertiary/aromatic N) is 3. The highest BCUT2D eigenvalue weighted by atomic mass is 16.5. The number of rotatable bonds is 1. The molecule has 4 nitrogen and oxygen atoms in total. The third kappa shape index (κ3) is 1.03. The van der Waals surface area contributed by atoms with Crippen LogP contribution in [0.25, 0.3) is 0 Å². The van der Waals surface area contributed by atoms with Crippen molar-refractivity contribution in [3.05, 3.63) is 11.7 Å². The zero-order valence-corrected chi connectivity index (χ0v) is 8.60. The van der Waals surface area contributed by atoms with Gasteiger partial charge >= 0.3 is 0 Å². The number of likely N-dealkylation sites (N-methyl/N-ethyl adjacent to an activating group) is 1. The van der Waals surface area contributed by atoms with E-state index in [1.807, 2.05) is 6.92 Å². The molecule has 3 atom stereocenters. The summed E-state index contributed by atoms with van der Waals surface area (Å²) in [7, 11) is 2.21. The van der Waals surface area contributed by atoms with Gasteiger partial charge in [-0.2, -0.15) is 4.98 Å². The van der Waals surface area contributed by atoms with Crippen LogP contribution in [0.4, 0.5) is 0 Å². The van der Waals surface area contributed by atoms with Crippen LogP contribution in [0.3, 0.4) is 0 Å². The van der Waals surface area contributed by atoms with Crippen molar-refractivity contribution in [1.82, 2.24) is 15.0 Å². The summed E-state index contributed by atoms with van der Waals surface area (Å²) in [5.41, 5.74) is 0. The Labute approximate surface area is 83.3 Å². The second-order valence-corrected chi connectivity index (χ2v) is 4.49. The van der Waals surface area contributed by atoms with Crippen molar-refractivity contribution < 1.29 is 4.52 Å². The third-order valence-electron chi connectivity index (χ3n) is 3.75. The Bertz CT molecular complexity index is 349. The number of hydrogen-bond donors (Lipinski definition) is 0. The number of aryl methyl sites for hydroxylation is 1. The summed E-state index contributed by atoms with van der Waals surface area (Å²) in [4.78, 5) is 6.82. The molecule has 0 spiro atoms. The molecule has 0 aromatic carbocycles. The van der Waals surface area contributed by atoms with Crippen molar-refractivity contribution in [1.29, 1.82) is 0 Å². The quantitative estimate of drug-likeness (QED) is 0.674. The second-order valence-electron chi connectivity index (χ2n) is 4.49. The standard InChI is InChI=1S/C10H15N3O/c1-6-11-10(14-12-6)8-5-7-3-4-9(8)13(7)2/h7-9H,3-5H2,1-2H3. The van der Waals surface area contributed by atoms with Gasteiger partial charge in [0.2, 0.25) is 5.89 Å². The normalized spacial score (nSPS) is 36.9. The zero-order valence-electron chi connectivity index (χ0n) is 8.60. The average molecular weight is 193 g/mol. The lowest BCUT2D eigenvalue weighted by molar-refractivity contribution is 0.284. The number of aromatic nitrogens is 2. The molecule has 0 radical (unpaired) electrons. The van der Waals surface area contributed by atoms with Crippen molar-refractivity contribution in [3.63, 3.8) is 0 Å². The summed E-state index contributed by atoms with van der Waals surface area (Å²) in [6, 6.07) is 1.39. The van der Waals surface area contributed by atoms with E-state index in [0.29, 0.717) is 12.0 Å². The van der Waals surface area contributed by atoms with E-state index in [4.69, 9.17) is 4.52 Å². The van der Waals surface area contributed by atoms with E-state index >= 15 is 0 Å². The maximum Gasteiger partial charge on any atom is 0.231 e. The van der Waals surface area contributed by atoms with Crippen molar-refractivity contribution in [2.24, 2.45) is 0 Å². The molecule has 2 bridgehead atoms. The minimum absolute atomic E-state index is 0.486. The predicted octanol–water partition coefficient (Wildman–Crippen LogP) is 1.33. The van der Waals surface area contributed by atoms with E-state index in [-0.39, 0.29) is 0 Å². The summed E-state index contributed by atoms with van der Waals surface area (Å²) in [6.07, 6.45) is 3.82. The summed E-state index contributed by atoms with van der Waals surface area (Å²) in [5, 5.41) is 3.87. The molecule has 0 aliphatic carbocycles. The Hall–Kier alpha value is -0.900. The molecule has 3 heterocycles. The van der Waals surface area contributed by atoms with Gasteiger partial charge in [-0.15, -0.1) is 0 Å². The predicted molar refractivity (Wildman–Crippen MR) is 51.0 cm³/mol. The fourth-order valence-corrected chi connectivity index (χ4v) is 2.99. The molecule has 3 unspecified atom stereocenters. The fourth-order valence-electron chi connectivity index (χ4n) is 2.99. The highest BCUT2D eigenvalue weighted by molar-refractivity contribution is 5.10. The summed E-state index contributed by atoms with van der Waals surface area (Å²) in [6.45, 7) is 1.88. The van der Waals surface area contributed by atoms with Gasteiger partial charge in [-0.05, 0) is 33.2 Å². The van der Waals surface area contributed by atoms with Crippen LogP contribution in [-0.2, 0) is 0 Å². The Kier molecular flexibility index (Phi) is 1.68. The van der Waals surface area contributed by atoms with Gasteiger partial charge in [0, 0.05) is 12.1 Å². The van der Waals surface area contributed by atoms with Crippen LogP contribution in [0, 0.1) is 6.92 Å². The molecule has 2 aliphatic rings. The maximum absolute atomic E-state index is 5.26. The molecule has 2 aliphatic heterocycles. The van der Waals surface area contributed by atoms with E-state index in [1.165, 1.54) is 19.3 Å². The Morgan fingerprint density at radius 1 is 1.43 bits per heavy atom. The largest absolute Gasteiger partial charge is 0.339 e.